The van der Waals surface area contributed by atoms with E-state index >= 15 is 0 Å². The molecule has 1 saturated heterocycles. The number of pyridine rings is 2. The second-order valence-electron chi connectivity index (χ2n) is 6.84. The molecule has 0 N–H and O–H groups in total. The van der Waals surface area contributed by atoms with Crippen LogP contribution in [0.1, 0.15) is 23.0 Å². The second kappa shape index (κ2) is 7.38. The zero-order valence-electron chi connectivity index (χ0n) is 16.0. The smallest absolute Gasteiger partial charge is 0.259 e. The fourth-order valence-electron chi connectivity index (χ4n) is 3.52. The first-order chi connectivity index (χ1) is 13.6. The molecule has 28 heavy (non-hydrogen) atoms. The van der Waals surface area contributed by atoms with Crippen LogP contribution in [0.25, 0.3) is 11.0 Å². The van der Waals surface area contributed by atoms with E-state index in [0.29, 0.717) is 43.8 Å². The van der Waals surface area contributed by atoms with Gasteiger partial charge in [0.25, 0.3) is 5.91 Å². The Hall–Kier alpha value is -3.29. The Morgan fingerprint density at radius 2 is 1.93 bits per heavy atom. The predicted molar refractivity (Wildman–Crippen MR) is 107 cm³/mol. The van der Waals surface area contributed by atoms with Crippen LogP contribution < -0.4 is 10.3 Å². The van der Waals surface area contributed by atoms with E-state index in [0.717, 1.165) is 11.5 Å². The number of rotatable bonds is 3. The first kappa shape index (κ1) is 18.1. The normalized spacial score (nSPS) is 14.5. The van der Waals surface area contributed by atoms with Crippen LogP contribution in [-0.4, -0.2) is 56.7 Å². The van der Waals surface area contributed by atoms with E-state index in [-0.39, 0.29) is 16.9 Å². The van der Waals surface area contributed by atoms with E-state index in [9.17, 15) is 9.59 Å². The second-order valence-corrected chi connectivity index (χ2v) is 6.84. The van der Waals surface area contributed by atoms with Gasteiger partial charge in [0.15, 0.2) is 5.82 Å². The van der Waals surface area contributed by atoms with E-state index in [1.54, 1.807) is 29.4 Å². The van der Waals surface area contributed by atoms with E-state index in [4.69, 9.17) is 0 Å². The number of nitrogens with zero attached hydrogens (tertiary/aromatic N) is 6. The molecular formula is C20H22N6O2. The van der Waals surface area contributed by atoms with Gasteiger partial charge in [0, 0.05) is 50.8 Å². The summed E-state index contributed by atoms with van der Waals surface area (Å²) in [6.45, 7) is 6.87. The van der Waals surface area contributed by atoms with Crippen molar-refractivity contribution in [3.8, 4) is 0 Å². The molecule has 0 saturated carbocycles. The van der Waals surface area contributed by atoms with Gasteiger partial charge in [-0.05, 0) is 38.1 Å². The summed E-state index contributed by atoms with van der Waals surface area (Å²) in [7, 11) is 0. The molecule has 0 spiro atoms. The first-order valence-electron chi connectivity index (χ1n) is 9.41. The van der Waals surface area contributed by atoms with Crippen molar-refractivity contribution in [2.45, 2.75) is 20.4 Å². The lowest BCUT2D eigenvalue weighted by molar-refractivity contribution is 0.0744. The van der Waals surface area contributed by atoms with Gasteiger partial charge in [-0.3, -0.25) is 9.59 Å². The van der Waals surface area contributed by atoms with Crippen molar-refractivity contribution >= 4 is 22.8 Å². The average Bonchev–Trinajstić information content (AvgIpc) is 2.74. The molecule has 1 amide bonds. The highest BCUT2D eigenvalue weighted by Crippen LogP contribution is 2.15. The number of carbonyl (C=O) groups is 1. The number of amides is 1. The van der Waals surface area contributed by atoms with E-state index in [2.05, 4.69) is 20.1 Å². The van der Waals surface area contributed by atoms with Gasteiger partial charge in [0.05, 0.1) is 5.39 Å². The molecule has 0 atom stereocenters. The maximum Gasteiger partial charge on any atom is 0.259 e. The Bertz CT molecular complexity index is 1070. The number of carbonyl (C=O) groups excluding carboxylic acids is 1. The van der Waals surface area contributed by atoms with Crippen LogP contribution in [0.4, 0.5) is 5.82 Å². The third-order valence-corrected chi connectivity index (χ3v) is 5.08. The number of anilines is 1. The van der Waals surface area contributed by atoms with Crippen LogP contribution in [0.2, 0.25) is 0 Å². The molecule has 4 heterocycles. The minimum absolute atomic E-state index is 0.202. The highest BCUT2D eigenvalue weighted by atomic mass is 16.2. The molecule has 8 heteroatoms. The Labute approximate surface area is 162 Å². The Morgan fingerprint density at radius 3 is 2.61 bits per heavy atom. The van der Waals surface area contributed by atoms with Gasteiger partial charge in [-0.25, -0.2) is 4.98 Å². The first-order valence-corrected chi connectivity index (χ1v) is 9.41. The van der Waals surface area contributed by atoms with E-state index in [1.165, 1.54) is 0 Å². The molecule has 0 unspecified atom stereocenters. The zero-order valence-corrected chi connectivity index (χ0v) is 16.0. The highest BCUT2D eigenvalue weighted by Gasteiger charge is 2.25. The molecule has 1 aliphatic heterocycles. The molecule has 0 radical (unpaired) electrons. The lowest BCUT2D eigenvalue weighted by Gasteiger charge is -2.35. The molecule has 8 nitrogen and oxygen atoms in total. The Balaban J connectivity index is 1.60. The quantitative estimate of drug-likeness (QED) is 0.686. The summed E-state index contributed by atoms with van der Waals surface area (Å²) in [5, 5.41) is 8.51. The molecule has 0 aliphatic carbocycles. The van der Waals surface area contributed by atoms with Crippen molar-refractivity contribution in [3.05, 3.63) is 58.1 Å². The molecule has 144 valence electrons. The van der Waals surface area contributed by atoms with Crippen molar-refractivity contribution in [2.75, 3.05) is 31.1 Å². The predicted octanol–water partition coefficient (Wildman–Crippen LogP) is 1.48. The minimum Gasteiger partial charge on any atom is -0.352 e. The zero-order chi connectivity index (χ0) is 19.7. The van der Waals surface area contributed by atoms with Gasteiger partial charge in [-0.15, -0.1) is 5.10 Å². The molecule has 1 fully saturated rings. The van der Waals surface area contributed by atoms with Gasteiger partial charge in [0.2, 0.25) is 5.43 Å². The summed E-state index contributed by atoms with van der Waals surface area (Å²) in [5.41, 5.74) is 1.41. The number of hydrogen-bond acceptors (Lipinski definition) is 6. The van der Waals surface area contributed by atoms with Gasteiger partial charge in [0.1, 0.15) is 11.2 Å². The maximum absolute atomic E-state index is 13.1. The van der Waals surface area contributed by atoms with E-state index < -0.39 is 0 Å². The molecule has 0 bridgehead atoms. The molecule has 3 aromatic heterocycles. The van der Waals surface area contributed by atoms with Gasteiger partial charge < -0.3 is 14.4 Å². The van der Waals surface area contributed by atoms with Crippen molar-refractivity contribution in [1.82, 2.24) is 24.6 Å². The number of piperazine rings is 1. The molecule has 3 aromatic rings. The summed E-state index contributed by atoms with van der Waals surface area (Å²) < 4.78 is 1.87. The highest BCUT2D eigenvalue weighted by molar-refractivity contribution is 5.97. The Morgan fingerprint density at radius 1 is 1.14 bits per heavy atom. The van der Waals surface area contributed by atoms with E-state index in [1.807, 2.05) is 30.5 Å². The van der Waals surface area contributed by atoms with Gasteiger partial charge in [-0.1, -0.05) is 0 Å². The van der Waals surface area contributed by atoms with Gasteiger partial charge >= 0.3 is 0 Å². The lowest BCUT2D eigenvalue weighted by Crippen LogP contribution is -2.50. The standard InChI is InChI=1S/C20H22N6O2/c1-3-24-13-16(18(27)15-7-6-14(2)22-19(15)24)20(28)26-11-9-25(10-12-26)17-5-4-8-21-23-17/h4-8,13H,3,9-12H2,1-2H3. The Kier molecular flexibility index (Phi) is 4.77. The summed E-state index contributed by atoms with van der Waals surface area (Å²) in [4.78, 5) is 34.3. The number of aryl methyl sites for hydroxylation is 2. The van der Waals surface area contributed by atoms with Crippen molar-refractivity contribution in [2.24, 2.45) is 0 Å². The van der Waals surface area contributed by atoms with Crippen molar-refractivity contribution < 1.29 is 4.79 Å². The van der Waals surface area contributed by atoms with Crippen LogP contribution >= 0.6 is 0 Å². The van der Waals surface area contributed by atoms with Crippen LogP contribution in [0.15, 0.2) is 41.5 Å². The van der Waals surface area contributed by atoms with Crippen molar-refractivity contribution in [3.63, 3.8) is 0 Å². The number of fused-ring (bicyclic) bond motifs is 1. The summed E-state index contributed by atoms with van der Waals surface area (Å²) in [6, 6.07) is 7.31. The fourth-order valence-corrected chi connectivity index (χ4v) is 3.52. The minimum atomic E-state index is -0.256. The van der Waals surface area contributed by atoms with Crippen LogP contribution in [0.3, 0.4) is 0 Å². The third-order valence-electron chi connectivity index (χ3n) is 5.08. The lowest BCUT2D eigenvalue weighted by atomic mass is 10.1. The summed E-state index contributed by atoms with van der Waals surface area (Å²) in [6.07, 6.45) is 3.28. The molecular weight excluding hydrogens is 356 g/mol. The molecule has 4 rings (SSSR count). The third kappa shape index (κ3) is 3.21. The monoisotopic (exact) mass is 378 g/mol. The SMILES string of the molecule is CCn1cc(C(=O)N2CCN(c3cccnn3)CC2)c(=O)c2ccc(C)nc21. The largest absolute Gasteiger partial charge is 0.352 e. The summed E-state index contributed by atoms with van der Waals surface area (Å²) in [5.74, 6) is 0.573. The number of aromatic nitrogens is 4. The fraction of sp³-hybridized carbons (Fsp3) is 0.350. The topological polar surface area (TPSA) is 84.2 Å². The average molecular weight is 378 g/mol. The van der Waals surface area contributed by atoms with Gasteiger partial charge in [-0.2, -0.15) is 5.10 Å². The molecule has 1 aliphatic rings. The number of hydrogen-bond donors (Lipinski definition) is 0. The van der Waals surface area contributed by atoms with Crippen molar-refractivity contribution in [1.29, 1.82) is 0 Å². The van der Waals surface area contributed by atoms with Crippen LogP contribution in [0, 0.1) is 6.92 Å². The van der Waals surface area contributed by atoms with Crippen LogP contribution in [-0.2, 0) is 6.54 Å². The summed E-state index contributed by atoms with van der Waals surface area (Å²) >= 11 is 0. The van der Waals surface area contributed by atoms with Crippen LogP contribution in [0.5, 0.6) is 0 Å². The molecule has 0 aromatic carbocycles. The maximum atomic E-state index is 13.1.